The van der Waals surface area contributed by atoms with E-state index in [4.69, 9.17) is 15.2 Å². The van der Waals surface area contributed by atoms with Crippen molar-refractivity contribution in [2.24, 2.45) is 40.2 Å². The van der Waals surface area contributed by atoms with Crippen LogP contribution in [0.4, 0.5) is 4.79 Å². The van der Waals surface area contributed by atoms with E-state index in [0.29, 0.717) is 24.3 Å². The Hall–Kier alpha value is -0.760. The molecule has 3 N–H and O–H groups in total. The SMILES string of the molecule is CCN(CC)CCNC(=O)O[C@H]1CC[C@@]2(C)[C@H](CC[C@@H]3[C@@H]2CC[C@]2(C)[C@@H](C(=O)OC)CC[C@]32N)C1.Cl.Cl. The van der Waals surface area contributed by atoms with Crippen molar-refractivity contribution >= 4 is 36.9 Å². The molecule has 4 rings (SSSR count). The molecule has 216 valence electrons. The highest BCUT2D eigenvalue weighted by molar-refractivity contribution is 5.85. The minimum absolute atomic E-state index is 0. The first-order chi connectivity index (χ1) is 16.6. The van der Waals surface area contributed by atoms with Gasteiger partial charge in [0.2, 0.25) is 0 Å². The molecular weight excluding hydrogens is 513 g/mol. The van der Waals surface area contributed by atoms with E-state index in [2.05, 4.69) is 37.9 Å². The molecule has 0 radical (unpaired) electrons. The van der Waals surface area contributed by atoms with Gasteiger partial charge in [-0.3, -0.25) is 4.79 Å². The molecule has 0 unspecified atom stereocenters. The minimum atomic E-state index is -0.291. The molecule has 9 heteroatoms. The highest BCUT2D eigenvalue weighted by Crippen LogP contribution is 2.68. The van der Waals surface area contributed by atoms with E-state index in [1.807, 2.05) is 0 Å². The highest BCUT2D eigenvalue weighted by atomic mass is 35.5. The number of hydrogen-bond acceptors (Lipinski definition) is 6. The number of likely N-dealkylation sites (N-methyl/N-ethyl adjacent to an activating group) is 1. The maximum atomic E-state index is 12.6. The second-order valence-electron chi connectivity index (χ2n) is 12.4. The zero-order chi connectivity index (χ0) is 25.4. The largest absolute Gasteiger partial charge is 0.469 e. The number of nitrogens with two attached hydrogens (primary N) is 1. The van der Waals surface area contributed by atoms with Gasteiger partial charge in [-0.25, -0.2) is 4.79 Å². The van der Waals surface area contributed by atoms with Crippen LogP contribution in [0.3, 0.4) is 0 Å². The molecule has 0 aliphatic heterocycles. The second-order valence-corrected chi connectivity index (χ2v) is 12.4. The normalized spacial score (nSPS) is 40.2. The standard InChI is InChI=1S/C28H49N3O4.2ClH/c1-6-31(7-2)17-16-30-25(33)35-20-10-13-26(3)19(18-20)8-9-22-21(26)11-14-27(4)23(24(32)34-5)12-15-28(22,27)29;;/h19-23H,6-18,29H2,1-5H3,(H,30,33);2*1H/t19-,20+,21+,22-,23-,26+,27-,28+;;/m1../s1. The topological polar surface area (TPSA) is 93.9 Å². The van der Waals surface area contributed by atoms with Gasteiger partial charge >= 0.3 is 12.1 Å². The van der Waals surface area contributed by atoms with E-state index in [0.717, 1.165) is 77.4 Å². The van der Waals surface area contributed by atoms with Gasteiger partial charge in [-0.05, 0) is 99.5 Å². The van der Waals surface area contributed by atoms with Crippen LogP contribution in [0.1, 0.15) is 85.5 Å². The lowest BCUT2D eigenvalue weighted by atomic mass is 9.42. The van der Waals surface area contributed by atoms with Gasteiger partial charge in [0.15, 0.2) is 0 Å². The lowest BCUT2D eigenvalue weighted by Gasteiger charge is -2.64. The number of halogens is 2. The van der Waals surface area contributed by atoms with Crippen molar-refractivity contribution < 1.29 is 19.1 Å². The van der Waals surface area contributed by atoms with Gasteiger partial charge in [-0.2, -0.15) is 0 Å². The Morgan fingerprint density at radius 3 is 2.32 bits per heavy atom. The Labute approximate surface area is 236 Å². The summed E-state index contributed by atoms with van der Waals surface area (Å²) in [5.74, 6) is 1.45. The summed E-state index contributed by atoms with van der Waals surface area (Å²) in [4.78, 5) is 27.3. The van der Waals surface area contributed by atoms with Crippen LogP contribution >= 0.6 is 24.8 Å². The van der Waals surface area contributed by atoms with Crippen molar-refractivity contribution in [3.63, 3.8) is 0 Å². The van der Waals surface area contributed by atoms with Gasteiger partial charge in [0.25, 0.3) is 0 Å². The number of carbonyl (C=O) groups is 2. The van der Waals surface area contributed by atoms with Crippen molar-refractivity contribution in [3.05, 3.63) is 0 Å². The van der Waals surface area contributed by atoms with Crippen LogP contribution in [-0.2, 0) is 14.3 Å². The van der Waals surface area contributed by atoms with Crippen LogP contribution in [-0.4, -0.2) is 61.9 Å². The van der Waals surface area contributed by atoms with Gasteiger partial charge in [0, 0.05) is 18.6 Å². The third-order valence-electron chi connectivity index (χ3n) is 11.3. The van der Waals surface area contributed by atoms with Crippen LogP contribution in [0.5, 0.6) is 0 Å². The maximum Gasteiger partial charge on any atom is 0.407 e. The van der Waals surface area contributed by atoms with Gasteiger partial charge in [-0.15, -0.1) is 24.8 Å². The predicted molar refractivity (Wildman–Crippen MR) is 151 cm³/mol. The van der Waals surface area contributed by atoms with Gasteiger partial charge in [0.05, 0.1) is 13.0 Å². The van der Waals surface area contributed by atoms with Crippen LogP contribution in [0.15, 0.2) is 0 Å². The number of hydrogen-bond donors (Lipinski definition) is 2. The third kappa shape index (κ3) is 5.62. The monoisotopic (exact) mass is 563 g/mol. The van der Waals surface area contributed by atoms with Crippen molar-refractivity contribution in [1.29, 1.82) is 0 Å². The molecule has 4 fully saturated rings. The summed E-state index contributed by atoms with van der Waals surface area (Å²) in [5.41, 5.74) is 7.08. The third-order valence-corrected chi connectivity index (χ3v) is 11.3. The summed E-state index contributed by atoms with van der Waals surface area (Å²) >= 11 is 0. The first-order valence-electron chi connectivity index (χ1n) is 14.2. The van der Waals surface area contributed by atoms with Crippen LogP contribution in [0, 0.1) is 34.5 Å². The average molecular weight is 565 g/mol. The lowest BCUT2D eigenvalue weighted by Crippen LogP contribution is -2.66. The fraction of sp³-hybridized carbons (Fsp3) is 0.929. The number of alkyl carbamates (subject to hydrolysis) is 1. The number of amides is 1. The number of nitrogens with zero attached hydrogens (tertiary/aromatic N) is 1. The Morgan fingerprint density at radius 1 is 0.973 bits per heavy atom. The van der Waals surface area contributed by atoms with E-state index < -0.39 is 0 Å². The summed E-state index contributed by atoms with van der Waals surface area (Å²) in [6.45, 7) is 12.5. The molecule has 0 heterocycles. The van der Waals surface area contributed by atoms with E-state index in [9.17, 15) is 9.59 Å². The number of fused-ring (bicyclic) bond motifs is 5. The number of rotatable bonds is 7. The predicted octanol–water partition coefficient (Wildman–Crippen LogP) is 5.18. The number of methoxy groups -OCH3 is 1. The molecule has 4 aliphatic rings. The quantitative estimate of drug-likeness (QED) is 0.414. The summed E-state index contributed by atoms with van der Waals surface area (Å²) in [6.07, 6.45) is 8.88. The Morgan fingerprint density at radius 2 is 1.68 bits per heavy atom. The van der Waals surface area contributed by atoms with Crippen molar-refractivity contribution in [2.75, 3.05) is 33.3 Å². The maximum absolute atomic E-state index is 12.6. The highest BCUT2D eigenvalue weighted by Gasteiger charge is 2.67. The van der Waals surface area contributed by atoms with E-state index in [1.54, 1.807) is 0 Å². The summed E-state index contributed by atoms with van der Waals surface area (Å²) in [7, 11) is 1.51. The smallest absolute Gasteiger partial charge is 0.407 e. The molecule has 0 aromatic heterocycles. The summed E-state index contributed by atoms with van der Waals surface area (Å²) in [5, 5.41) is 2.95. The van der Waals surface area contributed by atoms with Crippen LogP contribution in [0.2, 0.25) is 0 Å². The molecule has 37 heavy (non-hydrogen) atoms. The molecule has 0 bridgehead atoms. The summed E-state index contributed by atoms with van der Waals surface area (Å²) < 4.78 is 11.1. The molecule has 8 atom stereocenters. The number of ether oxygens (including phenoxy) is 2. The number of carbonyl (C=O) groups excluding carboxylic acids is 2. The molecule has 0 saturated heterocycles. The number of nitrogens with one attached hydrogen (secondary N) is 1. The molecule has 0 aromatic rings. The Balaban J connectivity index is 0.00000241. The molecule has 7 nitrogen and oxygen atoms in total. The Kier molecular flexibility index (Phi) is 11.1. The molecule has 1 amide bonds. The lowest BCUT2D eigenvalue weighted by molar-refractivity contribution is -0.160. The second kappa shape index (κ2) is 12.6. The molecule has 0 aromatic carbocycles. The van der Waals surface area contributed by atoms with E-state index in [1.165, 1.54) is 7.11 Å². The zero-order valence-electron chi connectivity index (χ0n) is 23.6. The number of esters is 1. The summed E-state index contributed by atoms with van der Waals surface area (Å²) in [6, 6.07) is 0. The minimum Gasteiger partial charge on any atom is -0.469 e. The van der Waals surface area contributed by atoms with Gasteiger partial charge < -0.3 is 25.4 Å². The van der Waals surface area contributed by atoms with Gasteiger partial charge in [0.1, 0.15) is 6.10 Å². The molecule has 4 saturated carbocycles. The molecule has 0 spiro atoms. The average Bonchev–Trinajstić information content (AvgIpc) is 3.12. The van der Waals surface area contributed by atoms with Gasteiger partial charge in [-0.1, -0.05) is 27.7 Å². The zero-order valence-corrected chi connectivity index (χ0v) is 25.2. The Bertz CT molecular complexity index is 799. The fourth-order valence-corrected chi connectivity index (χ4v) is 8.96. The van der Waals surface area contributed by atoms with Crippen molar-refractivity contribution in [1.82, 2.24) is 10.2 Å². The van der Waals surface area contributed by atoms with E-state index in [-0.39, 0.29) is 65.3 Å². The van der Waals surface area contributed by atoms with Crippen LogP contribution in [0.25, 0.3) is 0 Å². The van der Waals surface area contributed by atoms with E-state index >= 15 is 0 Å². The van der Waals surface area contributed by atoms with Crippen LogP contribution < -0.4 is 11.1 Å². The molecule has 4 aliphatic carbocycles. The fourth-order valence-electron chi connectivity index (χ4n) is 8.96. The van der Waals surface area contributed by atoms with Crippen molar-refractivity contribution in [2.45, 2.75) is 97.1 Å². The first kappa shape index (κ1) is 32.5. The molecular formula is C28H51Cl2N3O4. The first-order valence-corrected chi connectivity index (χ1v) is 14.2. The van der Waals surface area contributed by atoms with Crippen molar-refractivity contribution in [3.8, 4) is 0 Å².